The predicted octanol–water partition coefficient (Wildman–Crippen LogP) is 4.93. The molecule has 0 bridgehead atoms. The Hall–Kier alpha value is -3.51. The van der Waals surface area contributed by atoms with E-state index in [0.717, 1.165) is 16.8 Å². The molecule has 1 saturated carbocycles. The van der Waals surface area contributed by atoms with Crippen molar-refractivity contribution >= 4 is 38.2 Å². The predicted molar refractivity (Wildman–Crippen MR) is 133 cm³/mol. The van der Waals surface area contributed by atoms with Gasteiger partial charge in [0.25, 0.3) is 10.0 Å². The minimum absolute atomic E-state index is 0.0255. The van der Waals surface area contributed by atoms with Gasteiger partial charge in [-0.05, 0) is 37.1 Å². The maximum Gasteiger partial charge on any atom is 0.387 e. The molecule has 2 heterocycles. The highest BCUT2D eigenvalue weighted by molar-refractivity contribution is 7.90. The number of thiazole rings is 1. The normalized spacial score (nSPS) is 14.6. The van der Waals surface area contributed by atoms with Crippen molar-refractivity contribution in [1.82, 2.24) is 14.3 Å². The van der Waals surface area contributed by atoms with Gasteiger partial charge in [-0.15, -0.1) is 11.3 Å². The second kappa shape index (κ2) is 9.75. The van der Waals surface area contributed by atoms with Crippen molar-refractivity contribution in [2.75, 3.05) is 0 Å². The fraction of sp³-hybridized carbons (Fsp3) is 0.280. The van der Waals surface area contributed by atoms with Crippen LogP contribution in [0, 0.1) is 5.41 Å². The molecule has 0 aliphatic heterocycles. The lowest BCUT2D eigenvalue weighted by Gasteiger charge is -2.15. The highest BCUT2D eigenvalue weighted by Crippen LogP contribution is 2.45. The molecule has 8 nitrogen and oxygen atoms in total. The molecule has 4 aromatic rings. The molecule has 0 unspecified atom stereocenters. The van der Waals surface area contributed by atoms with Crippen molar-refractivity contribution in [3.05, 3.63) is 70.8 Å². The third kappa shape index (κ3) is 5.16. The van der Waals surface area contributed by atoms with Crippen LogP contribution >= 0.6 is 11.3 Å². The van der Waals surface area contributed by atoms with E-state index in [1.807, 2.05) is 6.92 Å². The number of halogens is 2. The van der Waals surface area contributed by atoms with E-state index in [9.17, 15) is 22.0 Å². The Labute approximate surface area is 215 Å². The number of rotatable bonds is 10. The van der Waals surface area contributed by atoms with Gasteiger partial charge in [0.05, 0.1) is 33.9 Å². The molecule has 0 saturated heterocycles. The third-order valence-corrected chi connectivity index (χ3v) is 8.64. The molecular weight excluding hydrogens is 524 g/mol. The van der Waals surface area contributed by atoms with Gasteiger partial charge in [0.15, 0.2) is 11.5 Å². The van der Waals surface area contributed by atoms with Crippen LogP contribution in [0.3, 0.4) is 0 Å². The summed E-state index contributed by atoms with van der Waals surface area (Å²) in [5.74, 6) is -0.479. The Balaban J connectivity index is 1.62. The van der Waals surface area contributed by atoms with Crippen molar-refractivity contribution in [2.45, 2.75) is 44.4 Å². The Morgan fingerprint density at radius 3 is 2.59 bits per heavy atom. The summed E-state index contributed by atoms with van der Waals surface area (Å²) in [6, 6.07) is 12.0. The number of hydrogen-bond acceptors (Lipinski definition) is 7. The van der Waals surface area contributed by atoms with Crippen LogP contribution in [0.25, 0.3) is 10.9 Å². The van der Waals surface area contributed by atoms with Crippen molar-refractivity contribution in [1.29, 1.82) is 0 Å². The van der Waals surface area contributed by atoms with E-state index in [1.165, 1.54) is 41.7 Å². The standard InChI is InChI=1S/C25H23F2N3O5S2/c1-25(7-8-25)23(31)28-12-18-9-16-10-22(35-24(26)27)21(34-13-17-14-36-15-29-17)11-20(16)30(18)37(32,33)19-5-3-2-4-6-19/h2-6,9-11,14-15,24H,7-8,12-13H2,1H3,(H,28,31). The topological polar surface area (TPSA) is 99.5 Å². The lowest BCUT2D eigenvalue weighted by atomic mass is 10.1. The zero-order chi connectivity index (χ0) is 26.2. The molecule has 1 N–H and O–H groups in total. The van der Waals surface area contributed by atoms with Gasteiger partial charge < -0.3 is 14.8 Å². The molecular formula is C25H23F2N3O5S2. The third-order valence-electron chi connectivity index (χ3n) is 6.23. The van der Waals surface area contributed by atoms with Crippen molar-refractivity contribution in [3.8, 4) is 11.5 Å². The summed E-state index contributed by atoms with van der Waals surface area (Å²) < 4.78 is 65.4. The Morgan fingerprint density at radius 1 is 1.19 bits per heavy atom. The number of fused-ring (bicyclic) bond motifs is 1. The average Bonchev–Trinajstić information content (AvgIpc) is 3.26. The van der Waals surface area contributed by atoms with Crippen LogP contribution in [0.4, 0.5) is 8.78 Å². The van der Waals surface area contributed by atoms with Gasteiger partial charge in [-0.2, -0.15) is 8.78 Å². The van der Waals surface area contributed by atoms with Gasteiger partial charge in [-0.25, -0.2) is 17.4 Å². The van der Waals surface area contributed by atoms with E-state index in [1.54, 1.807) is 29.1 Å². The Morgan fingerprint density at radius 2 is 1.95 bits per heavy atom. The smallest absolute Gasteiger partial charge is 0.387 e. The largest absolute Gasteiger partial charge is 0.483 e. The van der Waals surface area contributed by atoms with Crippen LogP contribution in [0.15, 0.2) is 64.3 Å². The quantitative estimate of drug-likeness (QED) is 0.302. The molecule has 12 heteroatoms. The number of benzene rings is 2. The van der Waals surface area contributed by atoms with Gasteiger partial charge in [-0.1, -0.05) is 25.1 Å². The van der Waals surface area contributed by atoms with Crippen LogP contribution in [0.5, 0.6) is 11.5 Å². The van der Waals surface area contributed by atoms with E-state index in [4.69, 9.17) is 4.74 Å². The molecule has 0 spiro atoms. The first-order chi connectivity index (χ1) is 17.7. The fourth-order valence-corrected chi connectivity index (χ4v) is 6.01. The number of nitrogens with one attached hydrogen (secondary N) is 1. The molecule has 2 aromatic carbocycles. The zero-order valence-electron chi connectivity index (χ0n) is 19.7. The molecule has 194 valence electrons. The molecule has 5 rings (SSSR count). The van der Waals surface area contributed by atoms with Crippen molar-refractivity contribution in [2.24, 2.45) is 5.41 Å². The molecule has 37 heavy (non-hydrogen) atoms. The summed E-state index contributed by atoms with van der Waals surface area (Å²) in [6.45, 7) is -1.37. The number of amides is 1. The first-order valence-corrected chi connectivity index (χ1v) is 13.8. The molecule has 0 atom stereocenters. The van der Waals surface area contributed by atoms with Gasteiger partial charge in [0, 0.05) is 22.2 Å². The minimum Gasteiger partial charge on any atom is -0.483 e. The monoisotopic (exact) mass is 547 g/mol. The lowest BCUT2D eigenvalue weighted by molar-refractivity contribution is -0.125. The minimum atomic E-state index is -4.12. The van der Waals surface area contributed by atoms with Crippen LogP contribution < -0.4 is 14.8 Å². The maximum atomic E-state index is 13.8. The molecule has 1 fully saturated rings. The molecule has 1 aliphatic rings. The summed E-state index contributed by atoms with van der Waals surface area (Å²) >= 11 is 1.35. The number of carbonyl (C=O) groups excluding carboxylic acids is 1. The number of ether oxygens (including phenoxy) is 2. The van der Waals surface area contributed by atoms with E-state index >= 15 is 0 Å². The SMILES string of the molecule is CC1(C(=O)NCc2cc3cc(OC(F)F)c(OCc4cscn4)cc3n2S(=O)(=O)c2ccccc2)CC1. The second-order valence-corrected chi connectivity index (χ2v) is 11.5. The van der Waals surface area contributed by atoms with Crippen LogP contribution in [-0.4, -0.2) is 29.9 Å². The molecule has 2 aromatic heterocycles. The fourth-order valence-electron chi connectivity index (χ4n) is 3.91. The number of carbonyl (C=O) groups is 1. The van der Waals surface area contributed by atoms with Crippen LogP contribution in [0.1, 0.15) is 31.2 Å². The van der Waals surface area contributed by atoms with E-state index < -0.39 is 22.0 Å². The van der Waals surface area contributed by atoms with Crippen molar-refractivity contribution in [3.63, 3.8) is 0 Å². The molecule has 1 amide bonds. The van der Waals surface area contributed by atoms with E-state index in [-0.39, 0.29) is 46.7 Å². The van der Waals surface area contributed by atoms with Crippen LogP contribution in [0.2, 0.25) is 0 Å². The number of nitrogens with zero attached hydrogens (tertiary/aromatic N) is 2. The van der Waals surface area contributed by atoms with E-state index in [0.29, 0.717) is 11.1 Å². The van der Waals surface area contributed by atoms with Gasteiger partial charge in [0.2, 0.25) is 5.91 Å². The summed E-state index contributed by atoms with van der Waals surface area (Å²) in [5.41, 5.74) is 2.19. The number of aromatic nitrogens is 2. The van der Waals surface area contributed by atoms with Gasteiger partial charge in [-0.3, -0.25) is 4.79 Å². The molecule has 1 aliphatic carbocycles. The summed E-state index contributed by atoms with van der Waals surface area (Å²) in [7, 11) is -4.12. The molecule has 0 radical (unpaired) electrons. The highest BCUT2D eigenvalue weighted by atomic mass is 32.2. The summed E-state index contributed by atoms with van der Waals surface area (Å²) in [6.07, 6.45) is 1.52. The van der Waals surface area contributed by atoms with Gasteiger partial charge in [0.1, 0.15) is 6.61 Å². The first kappa shape index (κ1) is 25.2. The number of alkyl halides is 2. The second-order valence-electron chi connectivity index (χ2n) is 8.97. The van der Waals surface area contributed by atoms with E-state index in [2.05, 4.69) is 15.0 Å². The Kier molecular flexibility index (Phi) is 6.63. The van der Waals surface area contributed by atoms with Crippen LogP contribution in [-0.2, 0) is 28.0 Å². The lowest BCUT2D eigenvalue weighted by Crippen LogP contribution is -2.31. The summed E-state index contributed by atoms with van der Waals surface area (Å²) in [5, 5.41) is 4.90. The van der Waals surface area contributed by atoms with Crippen molar-refractivity contribution < 1.29 is 31.5 Å². The average molecular weight is 548 g/mol. The highest BCUT2D eigenvalue weighted by Gasteiger charge is 2.44. The van der Waals surface area contributed by atoms with Gasteiger partial charge >= 0.3 is 6.61 Å². The maximum absolute atomic E-state index is 13.8. The number of hydrogen-bond donors (Lipinski definition) is 1. The first-order valence-electron chi connectivity index (χ1n) is 11.4. The zero-order valence-corrected chi connectivity index (χ0v) is 21.3. The summed E-state index contributed by atoms with van der Waals surface area (Å²) in [4.78, 5) is 16.7. The Bertz CT molecular complexity index is 1530.